The van der Waals surface area contributed by atoms with Crippen LogP contribution in [0.4, 0.5) is 0 Å². The zero-order chi connectivity index (χ0) is 56.4. The highest BCUT2D eigenvalue weighted by atomic mass is 16.6. The molecule has 0 heterocycles. The molecule has 0 aliphatic carbocycles. The highest BCUT2D eigenvalue weighted by Crippen LogP contribution is 2.17. The maximum Gasteiger partial charge on any atom is 0.306 e. The Hall–Kier alpha value is -3.67. The van der Waals surface area contributed by atoms with E-state index in [0.717, 1.165) is 109 Å². The average Bonchev–Trinajstić information content (AvgIpc) is 3.44. The molecule has 6 heteroatoms. The predicted octanol–water partition coefficient (Wildman–Crippen LogP) is 22.8. The number of carbonyl (C=O) groups excluding carboxylic acids is 3. The summed E-state index contributed by atoms with van der Waals surface area (Å²) in [7, 11) is 0. The molecule has 0 rings (SSSR count). The van der Waals surface area contributed by atoms with Gasteiger partial charge in [0.15, 0.2) is 6.10 Å². The van der Waals surface area contributed by atoms with E-state index in [1.54, 1.807) is 0 Å². The first kappa shape index (κ1) is 74.3. The summed E-state index contributed by atoms with van der Waals surface area (Å²) in [6, 6.07) is 0. The van der Waals surface area contributed by atoms with Crippen LogP contribution in [-0.2, 0) is 28.6 Å². The fourth-order valence-electron chi connectivity index (χ4n) is 9.40. The molecule has 1 atom stereocenters. The van der Waals surface area contributed by atoms with Crippen molar-refractivity contribution in [2.24, 2.45) is 0 Å². The normalized spacial score (nSPS) is 12.7. The Kier molecular flexibility index (Phi) is 62.7. The highest BCUT2D eigenvalue weighted by Gasteiger charge is 2.19. The Balaban J connectivity index is 4.34. The Morgan fingerprint density at radius 2 is 0.500 bits per heavy atom. The largest absolute Gasteiger partial charge is 0.462 e. The van der Waals surface area contributed by atoms with Crippen LogP contribution >= 0.6 is 0 Å². The van der Waals surface area contributed by atoms with E-state index in [9.17, 15) is 14.4 Å². The summed E-state index contributed by atoms with van der Waals surface area (Å²) in [6.45, 7) is 6.52. The molecule has 0 aliphatic rings. The van der Waals surface area contributed by atoms with E-state index >= 15 is 0 Å². The van der Waals surface area contributed by atoms with Crippen molar-refractivity contribution in [2.75, 3.05) is 13.2 Å². The van der Waals surface area contributed by atoms with E-state index in [1.165, 1.54) is 173 Å². The van der Waals surface area contributed by atoms with Crippen LogP contribution in [0.5, 0.6) is 0 Å². The number of carbonyl (C=O) groups is 3. The zero-order valence-corrected chi connectivity index (χ0v) is 51.4. The van der Waals surface area contributed by atoms with Gasteiger partial charge in [-0.25, -0.2) is 0 Å². The standard InChI is InChI=1S/C72H124O6/c1-4-7-10-13-16-19-22-24-26-28-30-32-34-35-36-37-38-40-41-43-45-47-50-53-56-59-62-65-71(74)77-68-69(67-76-70(73)64-61-58-55-52-49-21-18-15-12-9-6-3)78-72(75)66-63-60-57-54-51-48-46-44-42-39-33-31-29-27-25-23-20-17-14-11-8-5-2/h7,10,16,19,24,26,30,32,35-36,38,40,43,45,50,53,69H,4-6,8-9,11-15,17-18,20-23,25,27-29,31,33-34,37,39,41-42,44,46-49,51-52,54-68H2,1-3H3/b10-7-,19-16-,26-24-,32-30-,36-35-,40-38-,45-43-,53-50-. The molecule has 0 aliphatic heterocycles. The summed E-state index contributed by atoms with van der Waals surface area (Å²) < 4.78 is 16.9. The predicted molar refractivity (Wildman–Crippen MR) is 339 cm³/mol. The van der Waals surface area contributed by atoms with Crippen molar-refractivity contribution in [3.63, 3.8) is 0 Å². The van der Waals surface area contributed by atoms with Crippen molar-refractivity contribution in [3.05, 3.63) is 97.2 Å². The maximum absolute atomic E-state index is 12.9. The molecule has 0 saturated heterocycles. The van der Waals surface area contributed by atoms with Gasteiger partial charge in [0.05, 0.1) is 0 Å². The molecule has 0 amide bonds. The second kappa shape index (κ2) is 65.8. The fraction of sp³-hybridized carbons (Fsp3) is 0.736. The summed E-state index contributed by atoms with van der Waals surface area (Å²) in [4.78, 5) is 38.3. The minimum atomic E-state index is -0.794. The van der Waals surface area contributed by atoms with E-state index in [2.05, 4.69) is 118 Å². The molecule has 0 saturated carbocycles. The molecule has 0 spiro atoms. The Morgan fingerprint density at radius 1 is 0.269 bits per heavy atom. The first-order valence-corrected chi connectivity index (χ1v) is 33.2. The molecule has 0 aromatic rings. The topological polar surface area (TPSA) is 78.9 Å². The molecule has 6 nitrogen and oxygen atoms in total. The summed E-state index contributed by atoms with van der Waals surface area (Å²) in [5.41, 5.74) is 0. The third-order valence-corrected chi connectivity index (χ3v) is 14.4. The van der Waals surface area contributed by atoms with Crippen LogP contribution in [0, 0.1) is 0 Å². The van der Waals surface area contributed by atoms with Crippen LogP contribution in [0.1, 0.15) is 323 Å². The van der Waals surface area contributed by atoms with E-state index in [4.69, 9.17) is 14.2 Å². The molecule has 0 radical (unpaired) electrons. The smallest absolute Gasteiger partial charge is 0.306 e. The van der Waals surface area contributed by atoms with Crippen LogP contribution in [0.3, 0.4) is 0 Å². The molecule has 0 aromatic carbocycles. The second-order valence-electron chi connectivity index (χ2n) is 22.0. The third-order valence-electron chi connectivity index (χ3n) is 14.4. The number of esters is 3. The van der Waals surface area contributed by atoms with Crippen LogP contribution in [0.15, 0.2) is 97.2 Å². The SMILES string of the molecule is CC/C=C\C/C=C\C/C=C\C/C=C\C/C=C\C/C=C\C/C=C\C/C=C\CCCCC(=O)OCC(COC(=O)CCCCCCCCCCCCC)OC(=O)CCCCCCCCCCCCCCCCCCCCCCCC. The minimum absolute atomic E-state index is 0.0874. The van der Waals surface area contributed by atoms with Gasteiger partial charge in [-0.1, -0.05) is 317 Å². The lowest BCUT2D eigenvalue weighted by Gasteiger charge is -2.18. The van der Waals surface area contributed by atoms with Crippen molar-refractivity contribution < 1.29 is 28.6 Å². The van der Waals surface area contributed by atoms with E-state index < -0.39 is 6.10 Å². The number of unbranched alkanes of at least 4 members (excludes halogenated alkanes) is 33. The monoisotopic (exact) mass is 1080 g/mol. The highest BCUT2D eigenvalue weighted by molar-refractivity contribution is 5.71. The Morgan fingerprint density at radius 3 is 0.782 bits per heavy atom. The third kappa shape index (κ3) is 63.2. The van der Waals surface area contributed by atoms with Crippen molar-refractivity contribution in [1.29, 1.82) is 0 Å². The lowest BCUT2D eigenvalue weighted by atomic mass is 10.0. The summed E-state index contributed by atoms with van der Waals surface area (Å²) >= 11 is 0. The second-order valence-corrected chi connectivity index (χ2v) is 22.0. The minimum Gasteiger partial charge on any atom is -0.462 e. The quantitative estimate of drug-likeness (QED) is 0.0261. The van der Waals surface area contributed by atoms with Gasteiger partial charge in [-0.2, -0.15) is 0 Å². The molecule has 78 heavy (non-hydrogen) atoms. The number of hydrogen-bond acceptors (Lipinski definition) is 6. The van der Waals surface area contributed by atoms with Gasteiger partial charge in [-0.3, -0.25) is 14.4 Å². The number of hydrogen-bond donors (Lipinski definition) is 0. The van der Waals surface area contributed by atoms with Crippen molar-refractivity contribution in [3.8, 4) is 0 Å². The van der Waals surface area contributed by atoms with Gasteiger partial charge in [0, 0.05) is 19.3 Å². The average molecular weight is 1090 g/mol. The molecule has 0 bridgehead atoms. The van der Waals surface area contributed by atoms with Crippen LogP contribution < -0.4 is 0 Å². The van der Waals surface area contributed by atoms with Crippen LogP contribution in [-0.4, -0.2) is 37.2 Å². The van der Waals surface area contributed by atoms with E-state index in [1.807, 2.05) is 0 Å². The summed E-state index contributed by atoms with van der Waals surface area (Å²) in [6.07, 6.45) is 88.6. The molecule has 0 aromatic heterocycles. The Bertz CT molecular complexity index is 1530. The van der Waals surface area contributed by atoms with Gasteiger partial charge in [0.25, 0.3) is 0 Å². The molecule has 0 fully saturated rings. The van der Waals surface area contributed by atoms with Gasteiger partial charge in [-0.15, -0.1) is 0 Å². The van der Waals surface area contributed by atoms with Gasteiger partial charge in [0.1, 0.15) is 13.2 Å². The number of ether oxygens (including phenoxy) is 3. The van der Waals surface area contributed by atoms with Gasteiger partial charge in [0.2, 0.25) is 0 Å². The van der Waals surface area contributed by atoms with Crippen LogP contribution in [0.2, 0.25) is 0 Å². The van der Waals surface area contributed by atoms with Gasteiger partial charge in [-0.05, 0) is 83.5 Å². The molecule has 1 unspecified atom stereocenters. The van der Waals surface area contributed by atoms with Gasteiger partial charge >= 0.3 is 17.9 Å². The molecule has 448 valence electrons. The Labute approximate surface area is 483 Å². The molecular formula is C72H124O6. The van der Waals surface area contributed by atoms with Crippen LogP contribution in [0.25, 0.3) is 0 Å². The van der Waals surface area contributed by atoms with Crippen molar-refractivity contribution >= 4 is 17.9 Å². The fourth-order valence-corrected chi connectivity index (χ4v) is 9.40. The number of rotatable bonds is 60. The van der Waals surface area contributed by atoms with Gasteiger partial charge < -0.3 is 14.2 Å². The maximum atomic E-state index is 12.9. The van der Waals surface area contributed by atoms with Crippen molar-refractivity contribution in [1.82, 2.24) is 0 Å². The summed E-state index contributed by atoms with van der Waals surface area (Å²) in [5.74, 6) is -0.920. The first-order valence-electron chi connectivity index (χ1n) is 33.2. The molecule has 0 N–H and O–H groups in total. The molecular weight excluding hydrogens is 961 g/mol. The lowest BCUT2D eigenvalue weighted by molar-refractivity contribution is -0.167. The summed E-state index contributed by atoms with van der Waals surface area (Å²) in [5, 5.41) is 0. The first-order chi connectivity index (χ1) is 38.5. The van der Waals surface area contributed by atoms with E-state index in [0.29, 0.717) is 19.3 Å². The van der Waals surface area contributed by atoms with Crippen molar-refractivity contribution in [2.45, 2.75) is 329 Å². The lowest BCUT2D eigenvalue weighted by Crippen LogP contribution is -2.30. The van der Waals surface area contributed by atoms with E-state index in [-0.39, 0.29) is 31.1 Å². The zero-order valence-electron chi connectivity index (χ0n) is 51.4. The number of allylic oxidation sites excluding steroid dienone is 16.